The van der Waals surface area contributed by atoms with Crippen LogP contribution < -0.4 is 37.1 Å². The van der Waals surface area contributed by atoms with Gasteiger partial charge in [-0.15, -0.1) is 0 Å². The van der Waals surface area contributed by atoms with Crippen molar-refractivity contribution < 1.29 is 50.9 Å². The minimum atomic E-state index is -5.08. The van der Waals surface area contributed by atoms with Gasteiger partial charge in [-0.3, -0.25) is 19.0 Å². The molecule has 0 unspecified atom stereocenters. The number of carboxylic acids is 2. The average molecular weight is 660 g/mol. The van der Waals surface area contributed by atoms with Crippen LogP contribution in [0, 0.1) is 0 Å². The van der Waals surface area contributed by atoms with Gasteiger partial charge in [0.2, 0.25) is 10.0 Å². The molecule has 9 N–H and O–H groups in total. The molecule has 2 amide bonds. The van der Waals surface area contributed by atoms with E-state index in [4.69, 9.17) is 26.1 Å². The molecule has 0 aliphatic heterocycles. The van der Waals surface area contributed by atoms with Crippen LogP contribution in [0.1, 0.15) is 6.42 Å². The maximum atomic E-state index is 12.9. The van der Waals surface area contributed by atoms with Gasteiger partial charge in [0.25, 0.3) is 5.56 Å². The summed E-state index contributed by atoms with van der Waals surface area (Å²) in [6.07, 6.45) is -3.08. The van der Waals surface area contributed by atoms with Crippen LogP contribution in [0.5, 0.6) is 5.75 Å². The lowest BCUT2D eigenvalue weighted by molar-refractivity contribution is -0.192. The largest absolute Gasteiger partial charge is 0.492 e. The van der Waals surface area contributed by atoms with E-state index in [9.17, 15) is 41.1 Å². The van der Waals surface area contributed by atoms with Gasteiger partial charge in [-0.2, -0.15) is 17.9 Å². The lowest BCUT2D eigenvalue weighted by atomic mass is 10.3. The van der Waals surface area contributed by atoms with E-state index in [0.29, 0.717) is 30.8 Å². The fraction of sp³-hybridized carbons (Fsp3) is 0.240. The molecule has 0 bridgehead atoms. The number of carboxylic acid groups (broad SMARTS) is 2. The van der Waals surface area contributed by atoms with Crippen LogP contribution in [0.4, 0.5) is 23.7 Å². The predicted molar refractivity (Wildman–Crippen MR) is 153 cm³/mol. The fourth-order valence-corrected chi connectivity index (χ4v) is 4.42. The number of fused-ring (bicyclic) bond motifs is 1. The standard InChI is InChI=1S/C23H27N7O7S.C2HF3O2/c24-22(25)26-11-4-12-37-16-9-7-15-8-10-18(20(31)30(15)14-16)28-23(34)27-13-19(21(32)33)29-38(35,36)17-5-2-1-3-6-17;3-2(4,5)1(6)7/h1-3,5-10,14,19,29H,4,11-13H2,(H,32,33)(H4,24,25,26)(H2,27,28,34);(H,6,7)/t19-;/m0./s1. The number of carbonyl (C=O) groups excluding carboxylic acids is 1. The average Bonchev–Trinajstić information content (AvgIpc) is 2.96. The van der Waals surface area contributed by atoms with Crippen molar-refractivity contribution in [1.82, 2.24) is 14.4 Å². The molecule has 16 nitrogen and oxygen atoms in total. The number of aromatic nitrogens is 1. The first-order chi connectivity index (χ1) is 21.0. The van der Waals surface area contributed by atoms with Gasteiger partial charge in [-0.05, 0) is 36.4 Å². The summed E-state index contributed by atoms with van der Waals surface area (Å²) in [5, 5.41) is 21.1. The number of hydrogen-bond acceptors (Lipinski definition) is 8. The third-order valence-electron chi connectivity index (χ3n) is 5.29. The normalized spacial score (nSPS) is 11.8. The van der Waals surface area contributed by atoms with Crippen LogP contribution in [0.15, 0.2) is 75.5 Å². The summed E-state index contributed by atoms with van der Waals surface area (Å²) in [7, 11) is -4.15. The van der Waals surface area contributed by atoms with Crippen molar-refractivity contribution in [2.24, 2.45) is 16.5 Å². The van der Waals surface area contributed by atoms with E-state index in [1.54, 1.807) is 24.3 Å². The van der Waals surface area contributed by atoms with E-state index >= 15 is 0 Å². The van der Waals surface area contributed by atoms with Gasteiger partial charge in [0.15, 0.2) is 5.96 Å². The number of benzene rings is 1. The number of alkyl halides is 3. The molecule has 3 rings (SSSR count). The number of halogens is 3. The molecule has 1 atom stereocenters. The van der Waals surface area contributed by atoms with Gasteiger partial charge in [0.1, 0.15) is 17.5 Å². The molecule has 0 fully saturated rings. The number of pyridine rings is 2. The summed E-state index contributed by atoms with van der Waals surface area (Å²) in [5.41, 5.74) is 10.4. The van der Waals surface area contributed by atoms with Crippen molar-refractivity contribution in [3.63, 3.8) is 0 Å². The predicted octanol–water partition coefficient (Wildman–Crippen LogP) is 0.528. The minimum absolute atomic E-state index is 0.0155. The maximum Gasteiger partial charge on any atom is 0.490 e. The Bertz CT molecular complexity index is 1700. The van der Waals surface area contributed by atoms with Gasteiger partial charge in [0, 0.05) is 25.0 Å². The number of urea groups is 1. The Kier molecular flexibility index (Phi) is 12.7. The van der Waals surface area contributed by atoms with E-state index in [0.717, 1.165) is 0 Å². The highest BCUT2D eigenvalue weighted by Gasteiger charge is 2.38. The third-order valence-corrected chi connectivity index (χ3v) is 6.78. The number of hydrogen-bond donors (Lipinski definition) is 7. The number of aliphatic imine (C=N–C) groups is 1. The molecule has 20 heteroatoms. The molecule has 0 saturated heterocycles. The molecule has 2 aromatic heterocycles. The Labute approximate surface area is 252 Å². The quantitative estimate of drug-likeness (QED) is 0.0801. The molecular formula is C25H28F3N7O9S. The lowest BCUT2D eigenvalue weighted by Gasteiger charge is -2.16. The summed E-state index contributed by atoms with van der Waals surface area (Å²) in [6, 6.07) is 11.0. The van der Waals surface area contributed by atoms with Crippen LogP contribution >= 0.6 is 0 Å². The zero-order valence-corrected chi connectivity index (χ0v) is 23.8. The molecule has 1 aromatic carbocycles. The van der Waals surface area contributed by atoms with E-state index in [1.807, 2.05) is 4.72 Å². The Hall–Kier alpha value is -5.37. The zero-order chi connectivity index (χ0) is 33.8. The van der Waals surface area contributed by atoms with Crippen LogP contribution in [-0.2, 0) is 19.6 Å². The van der Waals surface area contributed by atoms with Crippen LogP contribution in [0.2, 0.25) is 0 Å². The molecule has 2 heterocycles. The number of amides is 2. The van der Waals surface area contributed by atoms with E-state index in [1.165, 1.54) is 40.9 Å². The summed E-state index contributed by atoms with van der Waals surface area (Å²) in [4.78, 5) is 49.5. The molecule has 45 heavy (non-hydrogen) atoms. The number of nitrogens with two attached hydrogens (primary N) is 2. The summed E-state index contributed by atoms with van der Waals surface area (Å²) in [6.45, 7) is 0.103. The summed E-state index contributed by atoms with van der Waals surface area (Å²) >= 11 is 0. The van der Waals surface area contributed by atoms with Gasteiger partial charge < -0.3 is 37.1 Å². The second-order valence-electron chi connectivity index (χ2n) is 8.68. The number of nitrogens with zero attached hydrogens (tertiary/aromatic N) is 2. The first-order valence-corrected chi connectivity index (χ1v) is 14.0. The minimum Gasteiger partial charge on any atom is -0.492 e. The highest BCUT2D eigenvalue weighted by molar-refractivity contribution is 7.89. The Balaban J connectivity index is 0.000000900. The molecule has 244 valence electrons. The number of ether oxygens (including phenoxy) is 1. The highest BCUT2D eigenvalue weighted by atomic mass is 32.2. The monoisotopic (exact) mass is 659 g/mol. The maximum absolute atomic E-state index is 12.9. The number of guanidine groups is 1. The number of rotatable bonds is 12. The van der Waals surface area contributed by atoms with Crippen molar-refractivity contribution in [3.8, 4) is 5.75 Å². The van der Waals surface area contributed by atoms with E-state index in [2.05, 4.69) is 15.6 Å². The second kappa shape index (κ2) is 15.9. The SMILES string of the molecule is NC(N)=NCCCOc1ccc2ccc(NC(=O)NC[C@H](NS(=O)(=O)c3ccccc3)C(=O)O)c(=O)n2c1.O=C(O)C(F)(F)F. The number of sulfonamides is 1. The molecule has 0 aliphatic carbocycles. The van der Waals surface area contributed by atoms with Gasteiger partial charge in [-0.25, -0.2) is 18.0 Å². The first kappa shape index (κ1) is 35.8. The first-order valence-electron chi connectivity index (χ1n) is 12.5. The van der Waals surface area contributed by atoms with Crippen molar-refractivity contribution in [1.29, 1.82) is 0 Å². The third kappa shape index (κ3) is 11.7. The van der Waals surface area contributed by atoms with Crippen molar-refractivity contribution in [2.45, 2.75) is 23.5 Å². The van der Waals surface area contributed by atoms with Gasteiger partial charge >= 0.3 is 24.1 Å². The van der Waals surface area contributed by atoms with Crippen LogP contribution in [-0.4, -0.2) is 78.9 Å². The zero-order valence-electron chi connectivity index (χ0n) is 23.0. The molecule has 3 aromatic rings. The Morgan fingerprint density at radius 1 is 1.02 bits per heavy atom. The molecule has 0 spiro atoms. The van der Waals surface area contributed by atoms with E-state index in [-0.39, 0.29) is 16.5 Å². The summed E-state index contributed by atoms with van der Waals surface area (Å²) in [5.74, 6) is -3.87. The van der Waals surface area contributed by atoms with Crippen LogP contribution in [0.25, 0.3) is 5.52 Å². The Morgan fingerprint density at radius 3 is 2.22 bits per heavy atom. The number of anilines is 1. The second-order valence-corrected chi connectivity index (χ2v) is 10.4. The van der Waals surface area contributed by atoms with Crippen LogP contribution in [0.3, 0.4) is 0 Å². The number of nitrogens with one attached hydrogen (secondary N) is 3. The number of aliphatic carboxylic acids is 2. The van der Waals surface area contributed by atoms with Crippen molar-refractivity contribution in [3.05, 3.63) is 71.1 Å². The molecule has 0 saturated carbocycles. The molecule has 0 aliphatic rings. The lowest BCUT2D eigenvalue weighted by Crippen LogP contribution is -2.49. The topological polar surface area (TPSA) is 257 Å². The molecule has 0 radical (unpaired) electrons. The smallest absolute Gasteiger partial charge is 0.490 e. The Morgan fingerprint density at radius 2 is 1.64 bits per heavy atom. The van der Waals surface area contributed by atoms with Crippen molar-refractivity contribution >= 4 is 45.2 Å². The van der Waals surface area contributed by atoms with Gasteiger partial charge in [-0.1, -0.05) is 18.2 Å². The van der Waals surface area contributed by atoms with E-state index < -0.39 is 52.3 Å². The molecular weight excluding hydrogens is 631 g/mol. The fourth-order valence-electron chi connectivity index (χ4n) is 3.21. The van der Waals surface area contributed by atoms with Crippen molar-refractivity contribution in [2.75, 3.05) is 25.0 Å². The highest BCUT2D eigenvalue weighted by Crippen LogP contribution is 2.15. The number of carbonyl (C=O) groups is 3. The summed E-state index contributed by atoms with van der Waals surface area (Å²) < 4.78 is 65.5. The van der Waals surface area contributed by atoms with Gasteiger partial charge in [0.05, 0.1) is 17.7 Å².